The molecule has 0 bridgehead atoms. The van der Waals surface area contributed by atoms with Crippen LogP contribution in [0.5, 0.6) is 0 Å². The second-order valence-corrected chi connectivity index (χ2v) is 20.1. The Morgan fingerprint density at radius 3 is 1.66 bits per heavy atom. The lowest BCUT2D eigenvalue weighted by Crippen LogP contribution is -2.85. The maximum Gasteiger partial charge on any atom is 0.303 e. The zero-order chi connectivity index (χ0) is 34.3. The highest BCUT2D eigenvalue weighted by atomic mass is 32.2. The molecule has 0 N–H and O–H groups in total. The fraction of sp³-hybridized carbons (Fsp3) is 0.342. The number of β-lactam (4-membered cyclic amide) rings is 1. The molecule has 7 nitrogen and oxygen atoms in total. The van der Waals surface area contributed by atoms with E-state index in [1.807, 2.05) is 65.2 Å². The number of hydrogen-bond acceptors (Lipinski definition) is 7. The molecule has 2 atom stereocenters. The van der Waals surface area contributed by atoms with Crippen molar-refractivity contribution >= 4 is 37.8 Å². The molecule has 1 amide bonds. The van der Waals surface area contributed by atoms with Gasteiger partial charge < -0.3 is 18.5 Å². The number of nitrogens with zero attached hydrogens (tertiary/aromatic N) is 1. The monoisotopic (exact) mass is 669 g/mol. The number of amides is 1. The summed E-state index contributed by atoms with van der Waals surface area (Å²) in [5.41, 5.74) is 1.29. The van der Waals surface area contributed by atoms with E-state index in [0.29, 0.717) is 11.5 Å². The molecule has 4 aromatic rings. The Labute approximate surface area is 282 Å². The average Bonchev–Trinajstić information content (AvgIpc) is 3.51. The first kappa shape index (κ1) is 34.3. The summed E-state index contributed by atoms with van der Waals surface area (Å²) in [5.74, 6) is -0.427. The van der Waals surface area contributed by atoms with Crippen LogP contribution < -0.4 is 0 Å². The van der Waals surface area contributed by atoms with Crippen molar-refractivity contribution in [3.63, 3.8) is 0 Å². The molecule has 3 aromatic carbocycles. The fourth-order valence-electron chi connectivity index (χ4n) is 6.31. The van der Waals surface area contributed by atoms with Crippen LogP contribution in [0.15, 0.2) is 108 Å². The van der Waals surface area contributed by atoms with Crippen molar-refractivity contribution in [3.8, 4) is 0 Å². The van der Waals surface area contributed by atoms with Crippen molar-refractivity contribution in [3.05, 3.63) is 131 Å². The summed E-state index contributed by atoms with van der Waals surface area (Å²) in [6.45, 7) is 15.1. The fourth-order valence-corrected chi connectivity index (χ4v) is 11.5. The predicted octanol–water partition coefficient (Wildman–Crippen LogP) is 8.39. The lowest BCUT2D eigenvalue weighted by molar-refractivity contribution is -0.203. The summed E-state index contributed by atoms with van der Waals surface area (Å²) >= 11 is 1.54. The highest BCUT2D eigenvalue weighted by Gasteiger charge is 2.79. The van der Waals surface area contributed by atoms with E-state index in [9.17, 15) is 14.4 Å². The summed E-state index contributed by atoms with van der Waals surface area (Å²) in [5, 5.41) is -0.284. The van der Waals surface area contributed by atoms with Crippen LogP contribution in [0.25, 0.3) is 0 Å². The van der Waals surface area contributed by atoms with Crippen molar-refractivity contribution in [1.82, 2.24) is 4.57 Å². The first-order valence-electron chi connectivity index (χ1n) is 15.7. The molecular formula is C38H43NO6SSi. The van der Waals surface area contributed by atoms with Crippen LogP contribution in [0.1, 0.15) is 69.8 Å². The number of thioether (sulfide) groups is 1. The minimum Gasteiger partial charge on any atom is -0.459 e. The maximum absolute atomic E-state index is 14.8. The number of rotatable bonds is 10. The summed E-state index contributed by atoms with van der Waals surface area (Å²) in [6, 6.07) is 34.1. The van der Waals surface area contributed by atoms with Crippen LogP contribution in [0.3, 0.4) is 0 Å². The van der Waals surface area contributed by atoms with Crippen LogP contribution in [0.4, 0.5) is 0 Å². The Kier molecular flexibility index (Phi) is 9.11. The predicted molar refractivity (Wildman–Crippen MR) is 187 cm³/mol. The minimum absolute atomic E-state index is 0.0738. The Balaban J connectivity index is 1.92. The molecule has 5 rings (SSSR count). The van der Waals surface area contributed by atoms with Gasteiger partial charge in [0, 0.05) is 13.8 Å². The van der Waals surface area contributed by atoms with E-state index < -0.39 is 35.4 Å². The van der Waals surface area contributed by atoms with Crippen LogP contribution in [-0.2, 0) is 40.1 Å². The molecule has 1 saturated heterocycles. The van der Waals surface area contributed by atoms with Crippen molar-refractivity contribution < 1.29 is 28.3 Å². The molecule has 1 aliphatic heterocycles. The Morgan fingerprint density at radius 2 is 1.26 bits per heavy atom. The van der Waals surface area contributed by atoms with E-state index in [-0.39, 0.29) is 17.6 Å². The second kappa shape index (κ2) is 12.5. The molecule has 1 aromatic heterocycles. The second-order valence-electron chi connectivity index (χ2n) is 13.6. The molecular weight excluding hydrogens is 627 g/mol. The quantitative estimate of drug-likeness (QED) is 0.0726. The molecule has 0 radical (unpaired) electrons. The maximum atomic E-state index is 14.8. The molecule has 2 unspecified atom stereocenters. The van der Waals surface area contributed by atoms with Crippen LogP contribution in [0.2, 0.25) is 18.1 Å². The van der Waals surface area contributed by atoms with Gasteiger partial charge in [0.05, 0.1) is 4.75 Å². The Hall–Kier alpha value is -4.08. The third-order valence-electron chi connectivity index (χ3n) is 9.57. The largest absolute Gasteiger partial charge is 0.459 e. The topological polar surface area (TPSA) is 86.0 Å². The van der Waals surface area contributed by atoms with Crippen molar-refractivity contribution in [2.45, 2.75) is 81.5 Å². The average molecular weight is 670 g/mol. The minimum atomic E-state index is -2.75. The molecule has 0 spiro atoms. The number of ether oxygens (including phenoxy) is 2. The molecule has 1 fully saturated rings. The van der Waals surface area contributed by atoms with Gasteiger partial charge in [0.15, 0.2) is 13.1 Å². The lowest BCUT2D eigenvalue weighted by Gasteiger charge is -2.68. The number of esters is 2. The first-order valence-corrected chi connectivity index (χ1v) is 19.5. The van der Waals surface area contributed by atoms with E-state index in [1.165, 1.54) is 13.8 Å². The van der Waals surface area contributed by atoms with Gasteiger partial charge in [-0.05, 0) is 40.8 Å². The zero-order valence-electron chi connectivity index (χ0n) is 28.3. The van der Waals surface area contributed by atoms with Crippen LogP contribution >= 0.6 is 11.8 Å². The normalized spacial score (nSPS) is 20.0. The third kappa shape index (κ3) is 5.63. The van der Waals surface area contributed by atoms with Gasteiger partial charge in [-0.2, -0.15) is 0 Å². The van der Waals surface area contributed by atoms with Crippen LogP contribution in [0, 0.1) is 0 Å². The SMILES string of the molecule is CC(=O)OCc1ccc(C2(SC(c3ccccc3)(c3ccccc3)c3ccccc3)N([Si](C)(C)C(C)(C)C)C(=O)C2(C)OC(C)=O)o1. The molecule has 9 heteroatoms. The third-order valence-corrected chi connectivity index (χ3v) is 17.1. The van der Waals surface area contributed by atoms with Gasteiger partial charge in [0.2, 0.25) is 5.60 Å². The van der Waals surface area contributed by atoms with Gasteiger partial charge in [0.1, 0.15) is 18.1 Å². The number of benzene rings is 3. The van der Waals surface area contributed by atoms with Gasteiger partial charge in [-0.3, -0.25) is 14.4 Å². The number of carbonyl (C=O) groups excluding carboxylic acids is 3. The van der Waals surface area contributed by atoms with E-state index in [0.717, 1.165) is 16.7 Å². The van der Waals surface area contributed by atoms with Gasteiger partial charge in [-0.1, -0.05) is 125 Å². The molecule has 246 valence electrons. The smallest absolute Gasteiger partial charge is 0.303 e. The van der Waals surface area contributed by atoms with Gasteiger partial charge in [-0.25, -0.2) is 0 Å². The molecule has 0 saturated carbocycles. The molecule has 2 heterocycles. The van der Waals surface area contributed by atoms with E-state index in [2.05, 4.69) is 70.3 Å². The molecule has 0 aliphatic carbocycles. The number of furan rings is 1. The summed E-state index contributed by atoms with van der Waals surface area (Å²) in [4.78, 5) is 38.1. The van der Waals surface area contributed by atoms with E-state index in [4.69, 9.17) is 13.9 Å². The van der Waals surface area contributed by atoms with Crippen LogP contribution in [-0.4, -0.2) is 36.2 Å². The summed E-state index contributed by atoms with van der Waals surface area (Å²) < 4.78 is 19.1. The number of hydrogen-bond donors (Lipinski definition) is 0. The highest BCUT2D eigenvalue weighted by Crippen LogP contribution is 2.69. The van der Waals surface area contributed by atoms with E-state index >= 15 is 0 Å². The standard InChI is InChI=1S/C38H43NO6SSi/c1-27(40)43-26-32-24-25-33(44-32)38(36(6,45-28(2)41)34(42)39(38)47(7,8)35(3,4)5)46-37(29-18-12-9-13-19-29,30-20-14-10-15-21-30)31-22-16-11-17-23-31/h9-25H,26H2,1-8H3. The van der Waals surface area contributed by atoms with Crippen molar-refractivity contribution in [1.29, 1.82) is 0 Å². The lowest BCUT2D eigenvalue weighted by atomic mass is 9.82. The van der Waals surface area contributed by atoms with Gasteiger partial charge >= 0.3 is 11.9 Å². The van der Waals surface area contributed by atoms with Gasteiger partial charge in [0.25, 0.3) is 5.91 Å². The van der Waals surface area contributed by atoms with E-state index in [1.54, 1.807) is 24.8 Å². The summed E-state index contributed by atoms with van der Waals surface area (Å²) in [7, 11) is -2.75. The zero-order valence-corrected chi connectivity index (χ0v) is 30.1. The van der Waals surface area contributed by atoms with Crippen molar-refractivity contribution in [2.24, 2.45) is 0 Å². The Bertz CT molecular complexity index is 1650. The van der Waals surface area contributed by atoms with Crippen molar-refractivity contribution in [2.75, 3.05) is 0 Å². The first-order chi connectivity index (χ1) is 22.1. The Morgan fingerprint density at radius 1 is 0.787 bits per heavy atom. The molecule has 47 heavy (non-hydrogen) atoms. The molecule has 1 aliphatic rings. The number of carbonyl (C=O) groups is 3. The summed E-state index contributed by atoms with van der Waals surface area (Å²) in [6.07, 6.45) is 0. The highest BCUT2D eigenvalue weighted by molar-refractivity contribution is 8.01. The van der Waals surface area contributed by atoms with Gasteiger partial charge in [-0.15, -0.1) is 11.8 Å².